The highest BCUT2D eigenvalue weighted by Crippen LogP contribution is 2.50. The molecule has 7 aromatic rings. The van der Waals surface area contributed by atoms with Crippen LogP contribution in [0.1, 0.15) is 0 Å². The molecule has 0 N–H and O–H groups in total. The molecule has 0 fully saturated rings. The zero-order valence-electron chi connectivity index (χ0n) is 17.9. The van der Waals surface area contributed by atoms with E-state index in [9.17, 15) is 0 Å². The summed E-state index contributed by atoms with van der Waals surface area (Å²) in [6.45, 7) is 0. The van der Waals surface area contributed by atoms with E-state index in [0.717, 1.165) is 44.7 Å². The van der Waals surface area contributed by atoms with Crippen molar-refractivity contribution in [3.05, 3.63) is 97.1 Å². The van der Waals surface area contributed by atoms with Crippen molar-refractivity contribution in [2.75, 3.05) is 0 Å². The van der Waals surface area contributed by atoms with Crippen molar-refractivity contribution in [2.45, 2.75) is 9.79 Å². The summed E-state index contributed by atoms with van der Waals surface area (Å²) in [6, 6.07) is 33.5. The van der Waals surface area contributed by atoms with Crippen LogP contribution in [0, 0.1) is 0 Å². The standard InChI is InChI=1S/C30H16N2OS/c1-2-7-18(8-3-1)29-30(32-21-11-5-4-10-20(21)31-29)19-15-23-27-25(16-19)34-24-12-6-9-17-13-14-22(33-23)28(27)26(17)24/h1-16H. The first kappa shape index (κ1) is 18.3. The van der Waals surface area contributed by atoms with Crippen LogP contribution in [0.5, 0.6) is 0 Å². The van der Waals surface area contributed by atoms with Crippen LogP contribution in [0.4, 0.5) is 0 Å². The van der Waals surface area contributed by atoms with Gasteiger partial charge in [-0.15, -0.1) is 0 Å². The largest absolute Gasteiger partial charge is 0.456 e. The maximum absolute atomic E-state index is 6.41. The van der Waals surface area contributed by atoms with Crippen LogP contribution in [0.2, 0.25) is 0 Å². The van der Waals surface area contributed by atoms with Crippen molar-refractivity contribution in [1.82, 2.24) is 9.97 Å². The Morgan fingerprint density at radius 3 is 2.12 bits per heavy atom. The Hall–Kier alpha value is -4.15. The van der Waals surface area contributed by atoms with Gasteiger partial charge in [-0.05, 0) is 41.8 Å². The minimum atomic E-state index is 0.869. The summed E-state index contributed by atoms with van der Waals surface area (Å²) in [7, 11) is 0. The van der Waals surface area contributed by atoms with Crippen molar-refractivity contribution < 1.29 is 4.42 Å². The molecule has 0 atom stereocenters. The molecule has 0 aliphatic carbocycles. The minimum absolute atomic E-state index is 0.869. The SMILES string of the molecule is c1ccc(-c2nc3ccccc3nc2-c2cc3c4c(c2)oc2ccc5cccc(c5c24)S3)cc1. The number of para-hydroxylation sites is 2. The van der Waals surface area contributed by atoms with Gasteiger partial charge >= 0.3 is 0 Å². The lowest BCUT2D eigenvalue weighted by Crippen LogP contribution is -1.96. The zero-order valence-corrected chi connectivity index (χ0v) is 18.8. The molecule has 1 aliphatic heterocycles. The maximum Gasteiger partial charge on any atom is 0.137 e. The van der Waals surface area contributed by atoms with Gasteiger partial charge in [0.05, 0.1) is 22.4 Å². The molecule has 3 nitrogen and oxygen atoms in total. The molecule has 0 saturated heterocycles. The van der Waals surface area contributed by atoms with Gasteiger partial charge in [-0.1, -0.05) is 72.4 Å². The van der Waals surface area contributed by atoms with Gasteiger partial charge < -0.3 is 4.42 Å². The number of aromatic nitrogens is 2. The van der Waals surface area contributed by atoms with Gasteiger partial charge in [0.2, 0.25) is 0 Å². The lowest BCUT2D eigenvalue weighted by atomic mass is 10.00. The van der Waals surface area contributed by atoms with Gasteiger partial charge in [0, 0.05) is 37.1 Å². The third-order valence-corrected chi connectivity index (χ3v) is 7.72. The first-order valence-electron chi connectivity index (χ1n) is 11.3. The van der Waals surface area contributed by atoms with Crippen molar-refractivity contribution in [3.63, 3.8) is 0 Å². The maximum atomic E-state index is 6.41. The Labute approximate surface area is 199 Å². The van der Waals surface area contributed by atoms with Gasteiger partial charge in [-0.25, -0.2) is 9.97 Å². The lowest BCUT2D eigenvalue weighted by molar-refractivity contribution is 0.669. The highest BCUT2D eigenvalue weighted by molar-refractivity contribution is 8.00. The predicted molar refractivity (Wildman–Crippen MR) is 139 cm³/mol. The molecule has 0 spiro atoms. The number of hydrogen-bond donors (Lipinski definition) is 0. The van der Waals surface area contributed by atoms with Crippen molar-refractivity contribution in [2.24, 2.45) is 0 Å². The predicted octanol–water partition coefficient (Wildman–Crippen LogP) is 8.48. The Morgan fingerprint density at radius 1 is 0.529 bits per heavy atom. The highest BCUT2D eigenvalue weighted by atomic mass is 32.2. The van der Waals surface area contributed by atoms with Crippen LogP contribution in [0.3, 0.4) is 0 Å². The zero-order chi connectivity index (χ0) is 22.2. The molecular weight excluding hydrogens is 436 g/mol. The molecule has 3 heterocycles. The van der Waals surface area contributed by atoms with Crippen molar-refractivity contribution in [1.29, 1.82) is 0 Å². The summed E-state index contributed by atoms with van der Waals surface area (Å²) in [5, 5.41) is 4.96. The fourth-order valence-corrected chi connectivity index (χ4v) is 6.31. The Kier molecular flexibility index (Phi) is 3.60. The van der Waals surface area contributed by atoms with E-state index >= 15 is 0 Å². The number of rotatable bonds is 2. The van der Waals surface area contributed by atoms with E-state index in [1.807, 2.05) is 54.2 Å². The summed E-state index contributed by atoms with van der Waals surface area (Å²) in [5.74, 6) is 0. The van der Waals surface area contributed by atoms with Gasteiger partial charge in [0.15, 0.2) is 0 Å². The lowest BCUT2D eigenvalue weighted by Gasteiger charge is -2.16. The molecule has 2 aromatic heterocycles. The van der Waals surface area contributed by atoms with Gasteiger partial charge in [-0.3, -0.25) is 0 Å². The molecule has 158 valence electrons. The highest BCUT2D eigenvalue weighted by Gasteiger charge is 2.24. The first-order chi connectivity index (χ1) is 16.8. The van der Waals surface area contributed by atoms with Gasteiger partial charge in [-0.2, -0.15) is 0 Å². The van der Waals surface area contributed by atoms with Crippen LogP contribution in [0.25, 0.3) is 66.3 Å². The minimum Gasteiger partial charge on any atom is -0.456 e. The molecule has 0 bridgehead atoms. The Morgan fingerprint density at radius 2 is 1.29 bits per heavy atom. The molecule has 0 unspecified atom stereocenters. The van der Waals surface area contributed by atoms with E-state index in [0.29, 0.717) is 0 Å². The molecule has 8 rings (SSSR count). The summed E-state index contributed by atoms with van der Waals surface area (Å²) in [5.41, 5.74) is 7.42. The topological polar surface area (TPSA) is 38.9 Å². The van der Waals surface area contributed by atoms with E-state index in [1.54, 1.807) is 0 Å². The molecule has 0 saturated carbocycles. The average molecular weight is 453 g/mol. The Bertz CT molecular complexity index is 1940. The van der Waals surface area contributed by atoms with Crippen LogP contribution in [-0.2, 0) is 0 Å². The Balaban J connectivity index is 1.47. The van der Waals surface area contributed by atoms with Crippen LogP contribution < -0.4 is 0 Å². The van der Waals surface area contributed by atoms with Crippen molar-refractivity contribution >= 4 is 55.5 Å². The second-order valence-electron chi connectivity index (χ2n) is 8.62. The second-order valence-corrected chi connectivity index (χ2v) is 9.70. The third kappa shape index (κ3) is 2.49. The first-order valence-corrected chi connectivity index (χ1v) is 12.1. The normalized spacial score (nSPS) is 12.6. The van der Waals surface area contributed by atoms with E-state index in [4.69, 9.17) is 14.4 Å². The molecule has 34 heavy (non-hydrogen) atoms. The van der Waals surface area contributed by atoms with Gasteiger partial charge in [0.1, 0.15) is 11.2 Å². The number of furan rings is 1. The smallest absolute Gasteiger partial charge is 0.137 e. The average Bonchev–Trinajstić information content (AvgIpc) is 3.28. The fourth-order valence-electron chi connectivity index (χ4n) is 5.11. The molecule has 0 radical (unpaired) electrons. The summed E-state index contributed by atoms with van der Waals surface area (Å²) in [6.07, 6.45) is 0. The van der Waals surface area contributed by atoms with E-state index < -0.39 is 0 Å². The van der Waals surface area contributed by atoms with Crippen LogP contribution in [-0.4, -0.2) is 9.97 Å². The molecule has 1 aliphatic rings. The monoisotopic (exact) mass is 452 g/mol. The third-order valence-electron chi connectivity index (χ3n) is 6.62. The number of fused-ring (bicyclic) bond motifs is 1. The van der Waals surface area contributed by atoms with Crippen LogP contribution in [0.15, 0.2) is 111 Å². The van der Waals surface area contributed by atoms with E-state index in [2.05, 4.69) is 54.6 Å². The molecule has 0 amide bonds. The van der Waals surface area contributed by atoms with Crippen molar-refractivity contribution in [3.8, 4) is 22.5 Å². The molecule has 4 heteroatoms. The summed E-state index contributed by atoms with van der Waals surface area (Å²) >= 11 is 1.81. The van der Waals surface area contributed by atoms with Crippen LogP contribution >= 0.6 is 11.8 Å². The number of benzene rings is 5. The molecular formula is C30H16N2OS. The number of hydrogen-bond acceptors (Lipinski definition) is 4. The van der Waals surface area contributed by atoms with E-state index in [-0.39, 0.29) is 0 Å². The second kappa shape index (κ2) is 6.69. The number of nitrogens with zero attached hydrogens (tertiary/aromatic N) is 2. The fraction of sp³-hybridized carbons (Fsp3) is 0. The summed E-state index contributed by atoms with van der Waals surface area (Å²) in [4.78, 5) is 12.6. The quantitative estimate of drug-likeness (QED) is 0.264. The van der Waals surface area contributed by atoms with E-state index in [1.165, 1.54) is 31.3 Å². The van der Waals surface area contributed by atoms with Gasteiger partial charge in [0.25, 0.3) is 0 Å². The summed E-state index contributed by atoms with van der Waals surface area (Å²) < 4.78 is 6.41. The molecule has 5 aromatic carbocycles.